The van der Waals surface area contributed by atoms with Crippen LogP contribution in [0.3, 0.4) is 0 Å². The average molecular weight is 295 g/mol. The fourth-order valence-electron chi connectivity index (χ4n) is 1.32. The first kappa shape index (κ1) is 11.5. The molecule has 0 saturated heterocycles. The molecule has 0 radical (unpaired) electrons. The number of benzene rings is 1. The lowest BCUT2D eigenvalue weighted by Crippen LogP contribution is -2.14. The molecule has 1 aromatic carbocycles. The van der Waals surface area contributed by atoms with Gasteiger partial charge in [-0.15, -0.1) is 0 Å². The summed E-state index contributed by atoms with van der Waals surface area (Å²) >= 11 is 3.27. The van der Waals surface area contributed by atoms with Gasteiger partial charge in [-0.2, -0.15) is 0 Å². The van der Waals surface area contributed by atoms with E-state index in [0.29, 0.717) is 5.56 Å². The van der Waals surface area contributed by atoms with Gasteiger partial charge in [0.15, 0.2) is 5.69 Å². The van der Waals surface area contributed by atoms with Gasteiger partial charge >= 0.3 is 5.97 Å². The molecule has 2 aromatic rings. The topological polar surface area (TPSA) is 83.0 Å². The Kier molecular flexibility index (Phi) is 3.06. The number of aromatic carboxylic acids is 1. The molecule has 0 aliphatic carbocycles. The van der Waals surface area contributed by atoms with E-state index in [0.717, 1.165) is 10.7 Å². The van der Waals surface area contributed by atoms with Gasteiger partial charge in [0, 0.05) is 16.2 Å². The number of aromatic nitrogens is 2. The Labute approximate surface area is 104 Å². The number of carboxylic acid groups (broad SMARTS) is 1. The predicted octanol–water partition coefficient (Wildman–Crippen LogP) is 1.90. The van der Waals surface area contributed by atoms with Crippen molar-refractivity contribution in [2.45, 2.75) is 0 Å². The molecule has 2 rings (SSSR count). The van der Waals surface area contributed by atoms with E-state index in [-0.39, 0.29) is 11.4 Å². The van der Waals surface area contributed by atoms with Gasteiger partial charge in [-0.25, -0.2) is 9.78 Å². The average Bonchev–Trinajstić information content (AvgIpc) is 2.31. The van der Waals surface area contributed by atoms with Crippen molar-refractivity contribution in [3.63, 3.8) is 0 Å². The zero-order chi connectivity index (χ0) is 12.4. The number of nitrogens with one attached hydrogen (secondary N) is 1. The van der Waals surface area contributed by atoms with Gasteiger partial charge < -0.3 is 10.1 Å². The first-order valence-electron chi connectivity index (χ1n) is 4.67. The van der Waals surface area contributed by atoms with Crippen molar-refractivity contribution in [2.24, 2.45) is 0 Å². The van der Waals surface area contributed by atoms with Gasteiger partial charge in [-0.1, -0.05) is 28.1 Å². The molecule has 6 heteroatoms. The third-order valence-corrected chi connectivity index (χ3v) is 2.65. The maximum Gasteiger partial charge on any atom is 0.356 e. The minimum absolute atomic E-state index is 0.0948. The Morgan fingerprint density at radius 2 is 1.94 bits per heavy atom. The second kappa shape index (κ2) is 4.50. The number of nitrogens with zero attached hydrogens (tertiary/aromatic N) is 1. The minimum Gasteiger partial charge on any atom is -0.476 e. The van der Waals surface area contributed by atoms with Crippen LogP contribution in [0.2, 0.25) is 0 Å². The van der Waals surface area contributed by atoms with Crippen LogP contribution in [0.5, 0.6) is 0 Å². The second-order valence-corrected chi connectivity index (χ2v) is 4.19. The molecule has 0 aliphatic heterocycles. The lowest BCUT2D eigenvalue weighted by atomic mass is 10.1. The summed E-state index contributed by atoms with van der Waals surface area (Å²) in [6, 6.07) is 6.88. The van der Waals surface area contributed by atoms with Gasteiger partial charge in [-0.05, 0) is 12.1 Å². The molecule has 1 heterocycles. The Morgan fingerprint density at radius 3 is 2.53 bits per heavy atom. The maximum absolute atomic E-state index is 11.6. The Morgan fingerprint density at radius 1 is 1.29 bits per heavy atom. The number of halogens is 1. The highest BCUT2D eigenvalue weighted by atomic mass is 79.9. The zero-order valence-corrected chi connectivity index (χ0v) is 10.1. The van der Waals surface area contributed by atoms with E-state index in [1.54, 1.807) is 24.3 Å². The van der Waals surface area contributed by atoms with Crippen LogP contribution in [0.4, 0.5) is 0 Å². The fraction of sp³-hybridized carbons (Fsp3) is 0. The van der Waals surface area contributed by atoms with Crippen LogP contribution in [0.25, 0.3) is 11.3 Å². The Hall–Kier alpha value is -1.95. The van der Waals surface area contributed by atoms with Gasteiger partial charge in [0.05, 0.1) is 0 Å². The number of H-pyrrole nitrogens is 1. The van der Waals surface area contributed by atoms with Crippen LogP contribution in [0.1, 0.15) is 10.5 Å². The molecule has 0 unspecified atom stereocenters. The zero-order valence-electron chi connectivity index (χ0n) is 8.48. The number of carbonyl (C=O) groups is 1. The normalized spacial score (nSPS) is 10.2. The van der Waals surface area contributed by atoms with Crippen molar-refractivity contribution in [1.82, 2.24) is 9.97 Å². The molecule has 0 atom stereocenters. The van der Waals surface area contributed by atoms with Gasteiger partial charge in [0.25, 0.3) is 5.56 Å². The predicted molar refractivity (Wildman–Crippen MR) is 65.0 cm³/mol. The first-order chi connectivity index (χ1) is 8.08. The van der Waals surface area contributed by atoms with Crippen molar-refractivity contribution in [3.8, 4) is 11.3 Å². The van der Waals surface area contributed by atoms with Crippen molar-refractivity contribution < 1.29 is 9.90 Å². The lowest BCUT2D eigenvalue weighted by molar-refractivity contribution is 0.0690. The monoisotopic (exact) mass is 294 g/mol. The highest BCUT2D eigenvalue weighted by Gasteiger charge is 2.10. The SMILES string of the molecule is O=C(O)c1c[nH]c(=O)c(-c2ccc(Br)cc2)n1. The van der Waals surface area contributed by atoms with Gasteiger partial charge in [0.2, 0.25) is 0 Å². The third-order valence-electron chi connectivity index (χ3n) is 2.12. The standard InChI is InChI=1S/C11H7BrN2O3/c12-7-3-1-6(2-4-7)9-10(15)13-5-8(14-9)11(16)17/h1-5H,(H,13,15)(H,16,17). The van der Waals surface area contributed by atoms with E-state index in [1.807, 2.05) is 0 Å². The first-order valence-corrected chi connectivity index (χ1v) is 5.46. The van der Waals surface area contributed by atoms with E-state index in [4.69, 9.17) is 5.11 Å². The molecule has 0 amide bonds. The molecule has 0 bridgehead atoms. The molecule has 2 N–H and O–H groups in total. The summed E-state index contributed by atoms with van der Waals surface area (Å²) in [6.07, 6.45) is 1.08. The molecular formula is C11H7BrN2O3. The summed E-state index contributed by atoms with van der Waals surface area (Å²) in [5.74, 6) is -1.18. The van der Waals surface area contributed by atoms with Crippen LogP contribution in [0.15, 0.2) is 39.7 Å². The molecular weight excluding hydrogens is 288 g/mol. The van der Waals surface area contributed by atoms with E-state index in [1.165, 1.54) is 0 Å². The number of hydrogen-bond donors (Lipinski definition) is 2. The number of carboxylic acids is 1. The third kappa shape index (κ3) is 2.42. The Balaban J connectivity index is 2.58. The molecule has 17 heavy (non-hydrogen) atoms. The van der Waals surface area contributed by atoms with Crippen molar-refractivity contribution in [3.05, 3.63) is 51.0 Å². The number of hydrogen-bond acceptors (Lipinski definition) is 3. The lowest BCUT2D eigenvalue weighted by Gasteiger charge is -2.01. The van der Waals surface area contributed by atoms with Crippen LogP contribution in [0, 0.1) is 0 Å². The maximum atomic E-state index is 11.6. The summed E-state index contributed by atoms with van der Waals surface area (Å²) in [5, 5.41) is 8.80. The van der Waals surface area contributed by atoms with Crippen molar-refractivity contribution in [1.29, 1.82) is 0 Å². The number of rotatable bonds is 2. The van der Waals surface area contributed by atoms with E-state index in [9.17, 15) is 9.59 Å². The smallest absolute Gasteiger partial charge is 0.356 e. The highest BCUT2D eigenvalue weighted by Crippen LogP contribution is 2.17. The van der Waals surface area contributed by atoms with Crippen molar-refractivity contribution >= 4 is 21.9 Å². The summed E-state index contributed by atoms with van der Waals surface area (Å²) < 4.78 is 0.868. The number of aromatic amines is 1. The highest BCUT2D eigenvalue weighted by molar-refractivity contribution is 9.10. The summed E-state index contributed by atoms with van der Waals surface area (Å²) in [7, 11) is 0. The molecule has 5 nitrogen and oxygen atoms in total. The summed E-state index contributed by atoms with van der Waals surface area (Å²) in [5.41, 5.74) is 0.0507. The molecule has 0 aliphatic rings. The molecule has 0 saturated carbocycles. The summed E-state index contributed by atoms with van der Waals surface area (Å²) in [6.45, 7) is 0. The van der Waals surface area contributed by atoms with Crippen molar-refractivity contribution in [2.75, 3.05) is 0 Å². The molecule has 1 aromatic heterocycles. The Bertz CT molecular complexity index is 619. The largest absolute Gasteiger partial charge is 0.476 e. The minimum atomic E-state index is -1.18. The van der Waals surface area contributed by atoms with Crippen LogP contribution >= 0.6 is 15.9 Å². The van der Waals surface area contributed by atoms with Crippen LogP contribution < -0.4 is 5.56 Å². The second-order valence-electron chi connectivity index (χ2n) is 3.28. The van der Waals surface area contributed by atoms with Crippen LogP contribution in [-0.2, 0) is 0 Å². The molecule has 0 spiro atoms. The van der Waals surface area contributed by atoms with Crippen LogP contribution in [-0.4, -0.2) is 21.0 Å². The van der Waals surface area contributed by atoms with E-state index < -0.39 is 11.5 Å². The molecule has 0 fully saturated rings. The van der Waals surface area contributed by atoms with Gasteiger partial charge in [-0.3, -0.25) is 4.79 Å². The van der Waals surface area contributed by atoms with E-state index in [2.05, 4.69) is 25.9 Å². The quantitative estimate of drug-likeness (QED) is 0.886. The summed E-state index contributed by atoms with van der Waals surface area (Å²) in [4.78, 5) is 28.5. The molecule has 86 valence electrons. The van der Waals surface area contributed by atoms with E-state index >= 15 is 0 Å². The van der Waals surface area contributed by atoms with Gasteiger partial charge in [0.1, 0.15) is 5.69 Å². The fourth-order valence-corrected chi connectivity index (χ4v) is 1.58.